The summed E-state index contributed by atoms with van der Waals surface area (Å²) < 4.78 is 56.8. The molecule has 2 saturated heterocycles. The van der Waals surface area contributed by atoms with Gasteiger partial charge in [-0.1, -0.05) is 0 Å². The molecule has 1 aromatic heterocycles. The van der Waals surface area contributed by atoms with Crippen molar-refractivity contribution in [2.45, 2.75) is 18.3 Å². The number of ether oxygens (including phenoxy) is 2. The molecule has 2 fully saturated rings. The Morgan fingerprint density at radius 2 is 1.88 bits per heavy atom. The van der Waals surface area contributed by atoms with Crippen LogP contribution in [0.15, 0.2) is 41.1 Å². The van der Waals surface area contributed by atoms with Crippen LogP contribution in [0.1, 0.15) is 5.56 Å². The number of hydrogen-bond acceptors (Lipinski definition) is 6. The van der Waals surface area contributed by atoms with Crippen LogP contribution in [0.5, 0.6) is 0 Å². The zero-order valence-electron chi connectivity index (χ0n) is 17.4. The summed E-state index contributed by atoms with van der Waals surface area (Å²) >= 11 is 1.69. The number of hydrogen-bond donors (Lipinski definition) is 1. The van der Waals surface area contributed by atoms with Gasteiger partial charge in [-0.3, -0.25) is 9.69 Å². The van der Waals surface area contributed by atoms with Crippen molar-refractivity contribution >= 4 is 28.9 Å². The first-order chi connectivity index (χ1) is 15.6. The van der Waals surface area contributed by atoms with E-state index in [0.717, 1.165) is 13.1 Å². The number of nitrogens with zero attached hydrogens (tertiary/aromatic N) is 2. The molecule has 180 valence electrons. The van der Waals surface area contributed by atoms with Gasteiger partial charge in [0.25, 0.3) is 5.91 Å². The lowest BCUT2D eigenvalue weighted by Gasteiger charge is -2.43. The molecular weight excluding hydrogens is 468 g/mol. The quantitative estimate of drug-likeness (QED) is 0.666. The molecule has 2 aromatic rings. The van der Waals surface area contributed by atoms with Crippen LogP contribution in [-0.4, -0.2) is 73.1 Å². The van der Waals surface area contributed by atoms with Gasteiger partial charge in [0.05, 0.1) is 19.8 Å². The van der Waals surface area contributed by atoms with Gasteiger partial charge in [0.1, 0.15) is 18.0 Å². The van der Waals surface area contributed by atoms with Gasteiger partial charge in [0.2, 0.25) is 0 Å². The topological polar surface area (TPSA) is 79.3 Å². The average Bonchev–Trinajstić information content (AvgIpc) is 3.18. The Balaban J connectivity index is 0.000000383. The number of carboxylic acids is 1. The lowest BCUT2D eigenvalue weighted by Crippen LogP contribution is -2.60. The summed E-state index contributed by atoms with van der Waals surface area (Å²) in [5.41, 5.74) is 1.39. The predicted molar refractivity (Wildman–Crippen MR) is 112 cm³/mol. The molecule has 33 heavy (non-hydrogen) atoms. The molecule has 0 radical (unpaired) electrons. The first-order valence-corrected chi connectivity index (χ1v) is 10.8. The minimum atomic E-state index is -5.08. The molecule has 1 N–H and O–H groups in total. The van der Waals surface area contributed by atoms with Crippen molar-refractivity contribution in [2.75, 3.05) is 44.4 Å². The summed E-state index contributed by atoms with van der Waals surface area (Å²) in [6, 6.07) is 8.13. The fraction of sp³-hybridized carbons (Fsp3) is 0.429. The first-order valence-electron chi connectivity index (χ1n) is 9.89. The van der Waals surface area contributed by atoms with Crippen molar-refractivity contribution in [3.05, 3.63) is 52.5 Å². The second-order valence-electron chi connectivity index (χ2n) is 7.63. The van der Waals surface area contributed by atoms with Crippen molar-refractivity contribution in [2.24, 2.45) is 0 Å². The van der Waals surface area contributed by atoms with E-state index in [2.05, 4.69) is 21.7 Å². The number of alkyl halides is 3. The lowest BCUT2D eigenvalue weighted by molar-refractivity contribution is -0.192. The number of halogens is 4. The van der Waals surface area contributed by atoms with E-state index in [9.17, 15) is 22.4 Å². The molecule has 2 aliphatic rings. The first kappa shape index (κ1) is 25.1. The minimum absolute atomic E-state index is 0.00697. The Hall–Kier alpha value is -2.54. The molecule has 1 spiro atoms. The molecule has 7 nitrogen and oxygen atoms in total. The molecule has 0 aliphatic carbocycles. The van der Waals surface area contributed by atoms with Crippen molar-refractivity contribution < 1.29 is 41.7 Å². The highest BCUT2D eigenvalue weighted by atomic mass is 32.1. The monoisotopic (exact) mass is 490 g/mol. The van der Waals surface area contributed by atoms with Crippen molar-refractivity contribution in [1.82, 2.24) is 4.90 Å². The lowest BCUT2D eigenvalue weighted by atomic mass is 10.0. The molecule has 2 aliphatic heterocycles. The molecule has 3 heterocycles. The van der Waals surface area contributed by atoms with Crippen LogP contribution in [0.3, 0.4) is 0 Å². The Kier molecular flexibility index (Phi) is 8.05. The molecule has 0 saturated carbocycles. The number of anilines is 1. The van der Waals surface area contributed by atoms with Crippen molar-refractivity contribution in [3.8, 4) is 0 Å². The smallest absolute Gasteiger partial charge is 0.475 e. The van der Waals surface area contributed by atoms with E-state index in [1.54, 1.807) is 28.4 Å². The summed E-state index contributed by atoms with van der Waals surface area (Å²) in [7, 11) is 0. The number of benzene rings is 1. The third-order valence-corrected chi connectivity index (χ3v) is 5.78. The number of aliphatic carboxylic acids is 1. The number of carbonyl (C=O) groups is 2. The number of carboxylic acid groups (broad SMARTS) is 1. The van der Waals surface area contributed by atoms with Gasteiger partial charge in [-0.15, -0.1) is 0 Å². The Labute approximate surface area is 191 Å². The van der Waals surface area contributed by atoms with E-state index in [0.29, 0.717) is 32.0 Å². The van der Waals surface area contributed by atoms with E-state index in [-0.39, 0.29) is 18.3 Å². The highest BCUT2D eigenvalue weighted by molar-refractivity contribution is 7.07. The van der Waals surface area contributed by atoms with Gasteiger partial charge < -0.3 is 19.5 Å². The number of thiophene rings is 1. The number of morpholine rings is 1. The molecule has 12 heteroatoms. The van der Waals surface area contributed by atoms with Crippen LogP contribution in [0.4, 0.5) is 23.2 Å². The highest BCUT2D eigenvalue weighted by Crippen LogP contribution is 2.28. The van der Waals surface area contributed by atoms with Crippen molar-refractivity contribution in [3.63, 3.8) is 0 Å². The molecule has 1 amide bonds. The van der Waals surface area contributed by atoms with Crippen LogP contribution in [0.25, 0.3) is 0 Å². The SMILES string of the molecule is O=C(O)C(F)(F)F.O=C1COC2(COCCN(Cc3ccsc3)C2)CN1c1ccc(F)cc1. The number of amides is 1. The third kappa shape index (κ3) is 6.97. The average molecular weight is 490 g/mol. The van der Waals surface area contributed by atoms with Gasteiger partial charge in [0.15, 0.2) is 0 Å². The number of carbonyl (C=O) groups excluding carboxylic acids is 1. The fourth-order valence-electron chi connectivity index (χ4n) is 3.51. The maximum absolute atomic E-state index is 13.2. The molecule has 4 rings (SSSR count). The Morgan fingerprint density at radius 1 is 1.18 bits per heavy atom. The molecular formula is C21H22F4N2O5S. The van der Waals surface area contributed by atoms with Crippen LogP contribution in [0, 0.1) is 5.82 Å². The van der Waals surface area contributed by atoms with Crippen LogP contribution in [-0.2, 0) is 25.6 Å². The summed E-state index contributed by atoms with van der Waals surface area (Å²) in [4.78, 5) is 25.3. The van der Waals surface area contributed by atoms with Crippen molar-refractivity contribution in [1.29, 1.82) is 0 Å². The van der Waals surface area contributed by atoms with E-state index in [4.69, 9.17) is 19.4 Å². The van der Waals surface area contributed by atoms with Crippen LogP contribution >= 0.6 is 11.3 Å². The second kappa shape index (κ2) is 10.6. The molecule has 0 bridgehead atoms. The Morgan fingerprint density at radius 3 is 2.48 bits per heavy atom. The Bertz CT molecular complexity index is 939. The summed E-state index contributed by atoms with van der Waals surface area (Å²) in [5, 5.41) is 11.3. The third-order valence-electron chi connectivity index (χ3n) is 5.04. The van der Waals surface area contributed by atoms with Gasteiger partial charge >= 0.3 is 12.1 Å². The normalized spacial score (nSPS) is 21.9. The van der Waals surface area contributed by atoms with E-state index < -0.39 is 17.7 Å². The zero-order valence-corrected chi connectivity index (χ0v) is 18.2. The maximum Gasteiger partial charge on any atom is 0.490 e. The largest absolute Gasteiger partial charge is 0.490 e. The van der Waals surface area contributed by atoms with Gasteiger partial charge in [-0.05, 0) is 46.7 Å². The molecule has 1 aromatic carbocycles. The zero-order chi connectivity index (χ0) is 24.1. The summed E-state index contributed by atoms with van der Waals surface area (Å²) in [5.74, 6) is -3.19. The molecule has 1 atom stereocenters. The van der Waals surface area contributed by atoms with Gasteiger partial charge in [-0.25, -0.2) is 9.18 Å². The van der Waals surface area contributed by atoms with Gasteiger partial charge in [-0.2, -0.15) is 24.5 Å². The molecule has 1 unspecified atom stereocenters. The summed E-state index contributed by atoms with van der Waals surface area (Å²) in [6.07, 6.45) is -5.08. The van der Waals surface area contributed by atoms with E-state index in [1.165, 1.54) is 17.7 Å². The fourth-order valence-corrected chi connectivity index (χ4v) is 4.17. The standard InChI is InChI=1S/C19H21FN2O3S.C2HF3O2/c20-16-1-3-17(4-2-16)22-13-19(25-10-18(22)23)12-21(6-7-24-14-19)9-15-5-8-26-11-15;3-2(4,5)1(6)7/h1-5,8,11H,6-7,9-10,12-14H2;(H,6,7). The summed E-state index contributed by atoms with van der Waals surface area (Å²) in [6.45, 7) is 3.84. The maximum atomic E-state index is 13.2. The van der Waals surface area contributed by atoms with Crippen LogP contribution < -0.4 is 4.90 Å². The van der Waals surface area contributed by atoms with E-state index >= 15 is 0 Å². The van der Waals surface area contributed by atoms with Gasteiger partial charge in [0, 0.05) is 25.3 Å². The minimum Gasteiger partial charge on any atom is -0.475 e. The highest BCUT2D eigenvalue weighted by Gasteiger charge is 2.43. The van der Waals surface area contributed by atoms with E-state index in [1.807, 2.05) is 0 Å². The number of rotatable bonds is 3. The predicted octanol–water partition coefficient (Wildman–Crippen LogP) is 3.15. The van der Waals surface area contributed by atoms with Crippen LogP contribution in [0.2, 0.25) is 0 Å². The second-order valence-corrected chi connectivity index (χ2v) is 8.41.